The Balaban J connectivity index is 1.63. The van der Waals surface area contributed by atoms with Gasteiger partial charge < -0.3 is 14.5 Å². The van der Waals surface area contributed by atoms with Crippen molar-refractivity contribution in [1.82, 2.24) is 4.90 Å². The van der Waals surface area contributed by atoms with Gasteiger partial charge in [-0.15, -0.1) is 0 Å². The van der Waals surface area contributed by atoms with Gasteiger partial charge in [-0.1, -0.05) is 12.1 Å². The van der Waals surface area contributed by atoms with E-state index in [1.54, 1.807) is 29.0 Å². The third-order valence-corrected chi connectivity index (χ3v) is 4.50. The summed E-state index contributed by atoms with van der Waals surface area (Å²) in [6.45, 7) is 3.86. The van der Waals surface area contributed by atoms with Crippen LogP contribution in [0.15, 0.2) is 48.5 Å². The summed E-state index contributed by atoms with van der Waals surface area (Å²) in [5.74, 6) is 0.937. The van der Waals surface area contributed by atoms with Crippen molar-refractivity contribution in [3.05, 3.63) is 59.7 Å². The minimum absolute atomic E-state index is 0.0433. The highest BCUT2D eigenvalue weighted by atomic mass is 16.5. The van der Waals surface area contributed by atoms with E-state index in [9.17, 15) is 9.59 Å². The summed E-state index contributed by atoms with van der Waals surface area (Å²) < 4.78 is 5.44. The molecule has 26 heavy (non-hydrogen) atoms. The smallest absolute Gasteiger partial charge is 0.253 e. The van der Waals surface area contributed by atoms with Gasteiger partial charge in [0.15, 0.2) is 0 Å². The Morgan fingerprint density at radius 1 is 1.12 bits per heavy atom. The van der Waals surface area contributed by atoms with Crippen LogP contribution in [-0.2, 0) is 11.3 Å². The number of carbonyl (C=O) groups is 2. The predicted octanol–water partition coefficient (Wildman–Crippen LogP) is 3.48. The minimum atomic E-state index is -0.0433. The second kappa shape index (κ2) is 8.04. The summed E-state index contributed by atoms with van der Waals surface area (Å²) in [4.78, 5) is 27.9. The van der Waals surface area contributed by atoms with Gasteiger partial charge in [0.1, 0.15) is 5.75 Å². The molecule has 0 unspecified atom stereocenters. The lowest BCUT2D eigenvalue weighted by Crippen LogP contribution is -2.26. The molecule has 0 saturated carbocycles. The van der Waals surface area contributed by atoms with E-state index in [2.05, 4.69) is 0 Å². The van der Waals surface area contributed by atoms with Gasteiger partial charge in [0.25, 0.3) is 5.91 Å². The molecule has 2 aromatic carbocycles. The van der Waals surface area contributed by atoms with Crippen molar-refractivity contribution in [2.45, 2.75) is 26.3 Å². The number of anilines is 1. The van der Waals surface area contributed by atoms with Crippen molar-refractivity contribution in [3.8, 4) is 5.75 Å². The molecule has 2 aromatic rings. The van der Waals surface area contributed by atoms with Gasteiger partial charge in [0, 0.05) is 37.8 Å². The first-order valence-corrected chi connectivity index (χ1v) is 8.96. The van der Waals surface area contributed by atoms with Crippen LogP contribution in [0.5, 0.6) is 5.75 Å². The number of amides is 2. The van der Waals surface area contributed by atoms with Crippen LogP contribution in [0.1, 0.15) is 35.7 Å². The van der Waals surface area contributed by atoms with Crippen LogP contribution in [0.4, 0.5) is 5.69 Å². The highest BCUT2D eigenvalue weighted by Crippen LogP contribution is 2.22. The first-order valence-electron chi connectivity index (χ1n) is 8.96. The van der Waals surface area contributed by atoms with E-state index in [4.69, 9.17) is 4.74 Å². The molecule has 0 spiro atoms. The maximum atomic E-state index is 12.6. The monoisotopic (exact) mass is 352 g/mol. The summed E-state index contributed by atoms with van der Waals surface area (Å²) in [6.07, 6.45) is 1.50. The molecule has 0 bridgehead atoms. The quantitative estimate of drug-likeness (QED) is 0.800. The van der Waals surface area contributed by atoms with Crippen molar-refractivity contribution < 1.29 is 14.3 Å². The zero-order chi connectivity index (χ0) is 18.5. The summed E-state index contributed by atoms with van der Waals surface area (Å²) in [7, 11) is 1.79. The number of nitrogens with zero attached hydrogens (tertiary/aromatic N) is 2. The Morgan fingerprint density at radius 3 is 2.38 bits per heavy atom. The van der Waals surface area contributed by atoms with E-state index in [-0.39, 0.29) is 11.8 Å². The van der Waals surface area contributed by atoms with Gasteiger partial charge in [0.05, 0.1) is 6.61 Å². The zero-order valence-corrected chi connectivity index (χ0v) is 15.3. The third kappa shape index (κ3) is 4.04. The summed E-state index contributed by atoms with van der Waals surface area (Å²) in [5, 5.41) is 0. The average Bonchev–Trinajstić information content (AvgIpc) is 3.09. The Hall–Kier alpha value is -2.82. The van der Waals surface area contributed by atoms with Crippen LogP contribution in [0.2, 0.25) is 0 Å². The molecule has 0 radical (unpaired) electrons. The van der Waals surface area contributed by atoms with Crippen LogP contribution in [0.3, 0.4) is 0 Å². The molecular weight excluding hydrogens is 328 g/mol. The van der Waals surface area contributed by atoms with Crippen LogP contribution >= 0.6 is 0 Å². The van der Waals surface area contributed by atoms with Gasteiger partial charge in [0.2, 0.25) is 5.91 Å². The number of ether oxygens (including phenoxy) is 1. The fourth-order valence-corrected chi connectivity index (χ4v) is 3.13. The normalized spacial score (nSPS) is 13.8. The fourth-order valence-electron chi connectivity index (χ4n) is 3.13. The van der Waals surface area contributed by atoms with Gasteiger partial charge in [-0.05, 0) is 55.3 Å². The molecule has 1 aliphatic rings. The number of hydrogen-bond acceptors (Lipinski definition) is 3. The highest BCUT2D eigenvalue weighted by Gasteiger charge is 2.22. The van der Waals surface area contributed by atoms with E-state index in [1.165, 1.54) is 0 Å². The lowest BCUT2D eigenvalue weighted by atomic mass is 10.1. The van der Waals surface area contributed by atoms with Gasteiger partial charge in [-0.2, -0.15) is 0 Å². The molecular formula is C21H24N2O3. The molecule has 1 aliphatic heterocycles. The molecule has 1 heterocycles. The summed E-state index contributed by atoms with van der Waals surface area (Å²) >= 11 is 0. The molecule has 0 atom stereocenters. The van der Waals surface area contributed by atoms with E-state index < -0.39 is 0 Å². The standard InChI is InChI=1S/C21H24N2O3/c1-3-26-19-12-6-16(7-13-19)15-22(2)21(25)17-8-10-18(11-9-17)23-14-4-5-20(23)24/h6-13H,3-5,14-15H2,1-2H3. The predicted molar refractivity (Wildman–Crippen MR) is 101 cm³/mol. The van der Waals surface area contributed by atoms with Crippen molar-refractivity contribution >= 4 is 17.5 Å². The molecule has 1 fully saturated rings. The number of benzene rings is 2. The molecule has 0 N–H and O–H groups in total. The maximum absolute atomic E-state index is 12.6. The molecule has 136 valence electrons. The number of hydrogen-bond donors (Lipinski definition) is 0. The molecule has 0 aromatic heterocycles. The minimum Gasteiger partial charge on any atom is -0.494 e. The van der Waals surface area contributed by atoms with Crippen molar-refractivity contribution in [2.75, 3.05) is 25.1 Å². The lowest BCUT2D eigenvalue weighted by Gasteiger charge is -2.19. The second-order valence-electron chi connectivity index (χ2n) is 6.43. The molecule has 0 aliphatic carbocycles. The molecule has 5 heteroatoms. The largest absolute Gasteiger partial charge is 0.494 e. The van der Waals surface area contributed by atoms with E-state index in [0.717, 1.165) is 30.0 Å². The van der Waals surface area contributed by atoms with Crippen LogP contribution in [-0.4, -0.2) is 36.9 Å². The molecule has 5 nitrogen and oxygen atoms in total. The van der Waals surface area contributed by atoms with E-state index >= 15 is 0 Å². The van der Waals surface area contributed by atoms with Gasteiger partial charge in [-0.3, -0.25) is 9.59 Å². The summed E-state index contributed by atoms with van der Waals surface area (Å²) in [6, 6.07) is 15.0. The van der Waals surface area contributed by atoms with Crippen molar-refractivity contribution in [3.63, 3.8) is 0 Å². The summed E-state index contributed by atoms with van der Waals surface area (Å²) in [5.41, 5.74) is 2.52. The van der Waals surface area contributed by atoms with E-state index in [0.29, 0.717) is 25.1 Å². The van der Waals surface area contributed by atoms with Crippen molar-refractivity contribution in [2.24, 2.45) is 0 Å². The Kier molecular flexibility index (Phi) is 5.56. The van der Waals surface area contributed by atoms with Gasteiger partial charge in [-0.25, -0.2) is 0 Å². The second-order valence-corrected chi connectivity index (χ2v) is 6.43. The number of carbonyl (C=O) groups excluding carboxylic acids is 2. The van der Waals surface area contributed by atoms with Crippen LogP contribution in [0.25, 0.3) is 0 Å². The van der Waals surface area contributed by atoms with Crippen molar-refractivity contribution in [1.29, 1.82) is 0 Å². The van der Waals surface area contributed by atoms with Crippen LogP contribution in [0, 0.1) is 0 Å². The first-order chi connectivity index (χ1) is 12.6. The number of rotatable bonds is 6. The molecule has 1 saturated heterocycles. The fraction of sp³-hybridized carbons (Fsp3) is 0.333. The Morgan fingerprint density at radius 2 is 1.81 bits per heavy atom. The third-order valence-electron chi connectivity index (χ3n) is 4.50. The molecule has 3 rings (SSSR count). The SMILES string of the molecule is CCOc1ccc(CN(C)C(=O)c2ccc(N3CCCC3=O)cc2)cc1. The first kappa shape index (κ1) is 18.0. The van der Waals surface area contributed by atoms with E-state index in [1.807, 2.05) is 43.3 Å². The Bertz CT molecular complexity index is 769. The topological polar surface area (TPSA) is 49.9 Å². The molecule has 2 amide bonds. The lowest BCUT2D eigenvalue weighted by molar-refractivity contribution is -0.117. The maximum Gasteiger partial charge on any atom is 0.253 e. The van der Waals surface area contributed by atoms with Gasteiger partial charge >= 0.3 is 0 Å². The zero-order valence-electron chi connectivity index (χ0n) is 15.3. The Labute approximate surface area is 154 Å². The average molecular weight is 352 g/mol. The van der Waals surface area contributed by atoms with Crippen LogP contribution < -0.4 is 9.64 Å². The highest BCUT2D eigenvalue weighted by molar-refractivity contribution is 5.97.